The van der Waals surface area contributed by atoms with Crippen molar-refractivity contribution in [2.75, 3.05) is 32.8 Å². The van der Waals surface area contributed by atoms with E-state index in [1.807, 2.05) is 88.9 Å². The van der Waals surface area contributed by atoms with Crippen molar-refractivity contribution in [2.45, 2.75) is 130 Å². The smallest absolute Gasteiger partial charge is 0.428 e. The molecule has 0 fully saturated rings. The average Bonchev–Trinajstić information content (AvgIpc) is 3.29. The SMILES string of the molecule is C/C=C(/CC)CN(CCO)CC(=O)N[C@@H](CCc1ccccc1)C(=O)N[C@@H](CC(C)C)C(=O)N[C@@H](Cc1ccccc1)C(=O)N[C@@H](CC(C)C)C(=O)C(C)(CC)OC(=O)OCC(C=N)=NN. The summed E-state index contributed by atoms with van der Waals surface area (Å²) >= 11 is 0. The Hall–Kier alpha value is -5.94. The molecule has 2 rings (SSSR count). The largest absolute Gasteiger partial charge is 0.509 e. The van der Waals surface area contributed by atoms with E-state index in [0.29, 0.717) is 18.5 Å². The summed E-state index contributed by atoms with van der Waals surface area (Å²) in [6.45, 7) is 14.6. The Morgan fingerprint density at radius 2 is 1.35 bits per heavy atom. The first kappa shape index (κ1) is 56.2. The Kier molecular flexibility index (Phi) is 25.2. The van der Waals surface area contributed by atoms with Gasteiger partial charge in [-0.25, -0.2) is 4.79 Å². The third-order valence-corrected chi connectivity index (χ3v) is 11.1. The van der Waals surface area contributed by atoms with Crippen molar-refractivity contribution >= 4 is 47.5 Å². The molecular weight excluding hydrogens is 845 g/mol. The lowest BCUT2D eigenvalue weighted by molar-refractivity contribution is -0.143. The predicted octanol–water partition coefficient (Wildman–Crippen LogP) is 4.40. The molecule has 0 aromatic heterocycles. The molecule has 0 heterocycles. The fourth-order valence-electron chi connectivity index (χ4n) is 7.13. The number of hydrogen-bond acceptors (Lipinski definition) is 13. The number of carbonyl (C=O) groups is 6. The molecule has 4 amide bonds. The van der Waals surface area contributed by atoms with E-state index in [4.69, 9.17) is 20.7 Å². The van der Waals surface area contributed by atoms with Gasteiger partial charge in [0.05, 0.1) is 19.2 Å². The normalized spacial score (nSPS) is 14.6. The second kappa shape index (κ2) is 29.6. The van der Waals surface area contributed by atoms with Crippen molar-refractivity contribution in [1.29, 1.82) is 5.41 Å². The van der Waals surface area contributed by atoms with Crippen LogP contribution in [0.5, 0.6) is 0 Å². The standard InChI is InChI=1S/C49H74N8O9/c1-9-35(10-2)30-57(24-25-58)31-43(59)52-39(23-22-36-18-14-12-15-19-36)45(61)54-41(27-34(6)7)46(62)55-42(28-37-20-16-13-17-21-37)47(63)53-40(26-33(4)5)44(60)49(8,11-3)66-48(64)65-32-38(29-50)56-51/h9,12-21,29,33-34,39-42,50,58H,10-11,22-28,30-32,51H2,1-8H3,(H,52,59)(H,53,63)(H,54,61)(H,55,62)/b35-9-,50-29?,56-38?/t39-,40-,41-,42-,49?/m0/s1. The first-order chi connectivity index (χ1) is 31.4. The number of hydrazone groups is 1. The van der Waals surface area contributed by atoms with Crippen molar-refractivity contribution in [3.05, 3.63) is 83.4 Å². The number of aliphatic hydroxyl groups excluding tert-OH is 1. The Morgan fingerprint density at radius 3 is 1.88 bits per heavy atom. The van der Waals surface area contributed by atoms with E-state index in [-0.39, 0.29) is 69.3 Å². The number of nitrogens with two attached hydrogens (primary N) is 1. The van der Waals surface area contributed by atoms with E-state index in [1.54, 1.807) is 31.2 Å². The summed E-state index contributed by atoms with van der Waals surface area (Å²) in [5, 5.41) is 31.9. The van der Waals surface area contributed by atoms with Gasteiger partial charge >= 0.3 is 6.16 Å². The lowest BCUT2D eigenvalue weighted by atomic mass is 9.87. The number of Topliss-reactive ketones (excluding diaryl/α,β-unsaturated/α-hetero) is 1. The first-order valence-corrected chi connectivity index (χ1v) is 22.8. The lowest BCUT2D eigenvalue weighted by Gasteiger charge is -2.32. The van der Waals surface area contributed by atoms with Crippen LogP contribution >= 0.6 is 0 Å². The molecule has 364 valence electrons. The van der Waals surface area contributed by atoms with Gasteiger partial charge < -0.3 is 47.1 Å². The molecule has 5 atom stereocenters. The molecule has 0 spiro atoms. The molecule has 66 heavy (non-hydrogen) atoms. The number of aliphatic hydroxyl groups is 1. The summed E-state index contributed by atoms with van der Waals surface area (Å²) < 4.78 is 10.6. The number of nitrogens with one attached hydrogen (secondary N) is 5. The van der Waals surface area contributed by atoms with E-state index in [1.165, 1.54) is 6.92 Å². The van der Waals surface area contributed by atoms with E-state index >= 15 is 0 Å². The van der Waals surface area contributed by atoms with Crippen LogP contribution in [0.1, 0.15) is 98.6 Å². The highest BCUT2D eigenvalue weighted by atomic mass is 16.7. The number of rotatable bonds is 30. The highest BCUT2D eigenvalue weighted by Crippen LogP contribution is 2.23. The van der Waals surface area contributed by atoms with E-state index in [2.05, 4.69) is 26.4 Å². The molecule has 0 aliphatic heterocycles. The monoisotopic (exact) mass is 919 g/mol. The third-order valence-electron chi connectivity index (χ3n) is 11.1. The topological polar surface area (TPSA) is 255 Å². The van der Waals surface area contributed by atoms with Gasteiger partial charge in [-0.3, -0.25) is 28.9 Å². The van der Waals surface area contributed by atoms with Gasteiger partial charge in [-0.2, -0.15) is 5.10 Å². The van der Waals surface area contributed by atoms with Crippen molar-refractivity contribution in [3.63, 3.8) is 0 Å². The minimum Gasteiger partial charge on any atom is -0.428 e. The lowest BCUT2D eigenvalue weighted by Crippen LogP contribution is -2.60. The fraction of sp³-hybridized carbons (Fsp3) is 0.551. The van der Waals surface area contributed by atoms with Crippen molar-refractivity contribution in [2.24, 2.45) is 22.8 Å². The molecule has 2 aromatic rings. The number of nitrogens with zero attached hydrogens (tertiary/aromatic N) is 2. The zero-order valence-electron chi connectivity index (χ0n) is 40.1. The van der Waals surface area contributed by atoms with Gasteiger partial charge in [0.15, 0.2) is 11.4 Å². The highest BCUT2D eigenvalue weighted by Gasteiger charge is 2.42. The number of benzene rings is 2. The molecule has 2 aromatic carbocycles. The maximum Gasteiger partial charge on any atom is 0.509 e. The van der Waals surface area contributed by atoms with E-state index in [0.717, 1.165) is 23.8 Å². The van der Waals surface area contributed by atoms with Gasteiger partial charge in [-0.05, 0) is 75.3 Å². The van der Waals surface area contributed by atoms with Crippen molar-refractivity contribution in [3.8, 4) is 0 Å². The second-order valence-corrected chi connectivity index (χ2v) is 17.4. The van der Waals surface area contributed by atoms with Gasteiger partial charge in [-0.15, -0.1) is 0 Å². The van der Waals surface area contributed by atoms with E-state index in [9.17, 15) is 33.9 Å². The average molecular weight is 919 g/mol. The molecular formula is C49H74N8O9. The van der Waals surface area contributed by atoms with Crippen LogP contribution in [0.2, 0.25) is 0 Å². The van der Waals surface area contributed by atoms with Crippen LogP contribution < -0.4 is 27.1 Å². The van der Waals surface area contributed by atoms with Gasteiger partial charge in [0.2, 0.25) is 23.6 Å². The van der Waals surface area contributed by atoms with Crippen LogP contribution in [0.4, 0.5) is 4.79 Å². The Morgan fingerprint density at radius 1 is 0.803 bits per heavy atom. The van der Waals surface area contributed by atoms with Gasteiger partial charge in [0.1, 0.15) is 30.4 Å². The third kappa shape index (κ3) is 20.1. The van der Waals surface area contributed by atoms with Crippen molar-refractivity contribution < 1.29 is 43.3 Å². The molecule has 0 saturated heterocycles. The molecule has 0 radical (unpaired) electrons. The van der Waals surface area contributed by atoms with Crippen LogP contribution in [0, 0.1) is 17.2 Å². The number of aryl methyl sites for hydroxylation is 1. The maximum atomic E-state index is 14.4. The predicted molar refractivity (Wildman–Crippen MR) is 256 cm³/mol. The molecule has 17 heteroatoms. The fourth-order valence-corrected chi connectivity index (χ4v) is 7.13. The van der Waals surface area contributed by atoms with Crippen LogP contribution in [-0.4, -0.2) is 120 Å². The highest BCUT2D eigenvalue weighted by molar-refractivity contribution is 6.30. The van der Waals surface area contributed by atoms with Crippen LogP contribution in [-0.2, 0) is 46.3 Å². The maximum absolute atomic E-state index is 14.4. The van der Waals surface area contributed by atoms with Crippen LogP contribution in [0.15, 0.2) is 77.4 Å². The molecule has 8 N–H and O–H groups in total. The molecule has 0 aliphatic carbocycles. The number of allylic oxidation sites excluding steroid dienone is 1. The summed E-state index contributed by atoms with van der Waals surface area (Å²) in [6, 6.07) is 14.0. The number of amides is 4. The Labute approximate surface area is 390 Å². The summed E-state index contributed by atoms with van der Waals surface area (Å²) in [5.74, 6) is 2.09. The van der Waals surface area contributed by atoms with Crippen LogP contribution in [0.3, 0.4) is 0 Å². The Bertz CT molecular complexity index is 1930. The molecule has 0 aliphatic rings. The quantitative estimate of drug-likeness (QED) is 0.0190. The minimum absolute atomic E-state index is 0.0261. The second-order valence-electron chi connectivity index (χ2n) is 17.4. The minimum atomic E-state index is -1.74. The van der Waals surface area contributed by atoms with Gasteiger partial charge in [-0.1, -0.05) is 114 Å². The Balaban J connectivity index is 2.45. The van der Waals surface area contributed by atoms with Gasteiger partial charge in [0, 0.05) is 25.7 Å². The summed E-state index contributed by atoms with van der Waals surface area (Å²) in [7, 11) is 0. The molecule has 0 saturated carbocycles. The molecule has 0 bridgehead atoms. The van der Waals surface area contributed by atoms with Gasteiger partial charge in [0.25, 0.3) is 0 Å². The number of carbonyl (C=O) groups excluding carboxylic acids is 6. The first-order valence-electron chi connectivity index (χ1n) is 22.8. The van der Waals surface area contributed by atoms with Crippen LogP contribution in [0.25, 0.3) is 0 Å². The van der Waals surface area contributed by atoms with Crippen molar-refractivity contribution in [1.82, 2.24) is 26.2 Å². The molecule has 1 unspecified atom stereocenters. The summed E-state index contributed by atoms with van der Waals surface area (Å²) in [4.78, 5) is 85.4. The summed E-state index contributed by atoms with van der Waals surface area (Å²) in [6.07, 6.45) is 3.46. The molecule has 17 nitrogen and oxygen atoms in total. The summed E-state index contributed by atoms with van der Waals surface area (Å²) in [5.41, 5.74) is 0.977. The number of hydrogen-bond donors (Lipinski definition) is 7. The number of ether oxygens (including phenoxy) is 2. The zero-order valence-corrected chi connectivity index (χ0v) is 40.1. The zero-order chi connectivity index (χ0) is 49.2. The number of ketones is 1. The van der Waals surface area contributed by atoms with E-state index < -0.39 is 71.9 Å².